The van der Waals surface area contributed by atoms with Crippen LogP contribution in [0.3, 0.4) is 0 Å². The van der Waals surface area contributed by atoms with E-state index >= 15 is 0 Å². The molecule has 5 rings (SSSR count). The topological polar surface area (TPSA) is 107 Å². The highest BCUT2D eigenvalue weighted by molar-refractivity contribution is 6.05. The molecule has 0 radical (unpaired) electrons. The molecule has 1 amide bonds. The Kier molecular flexibility index (Phi) is 5.91. The van der Waals surface area contributed by atoms with E-state index in [0.29, 0.717) is 32.2 Å². The molecule has 0 saturated heterocycles. The number of fused-ring (bicyclic) bond motifs is 7. The van der Waals surface area contributed by atoms with Gasteiger partial charge in [-0.2, -0.15) is 5.26 Å². The summed E-state index contributed by atoms with van der Waals surface area (Å²) in [6, 6.07) is 2.14. The van der Waals surface area contributed by atoms with Gasteiger partial charge in [-0.25, -0.2) is 0 Å². The quantitative estimate of drug-likeness (QED) is 0.489. The highest BCUT2D eigenvalue weighted by atomic mass is 16.3. The number of allylic oxidation sites excluding steroid dienone is 3. The molecule has 6 nitrogen and oxygen atoms in total. The molecule has 0 aromatic heterocycles. The van der Waals surface area contributed by atoms with Crippen LogP contribution in [0.1, 0.15) is 100 Å². The van der Waals surface area contributed by atoms with Gasteiger partial charge in [0.05, 0.1) is 11.0 Å². The molecule has 0 aromatic rings. The minimum atomic E-state index is -1.68. The third kappa shape index (κ3) is 3.20. The first-order chi connectivity index (χ1) is 17.9. The van der Waals surface area contributed by atoms with Crippen molar-refractivity contribution in [3.05, 3.63) is 23.3 Å². The molecular weight excluding hydrogens is 488 g/mol. The van der Waals surface area contributed by atoms with Crippen LogP contribution in [0.25, 0.3) is 0 Å². The Morgan fingerprint density at radius 1 is 1.03 bits per heavy atom. The number of carbonyl (C=O) groups excluding carboxylic acids is 3. The maximum atomic E-state index is 14.5. The monoisotopic (exact) mass is 534 g/mol. The zero-order valence-electron chi connectivity index (χ0n) is 25.1. The third-order valence-corrected chi connectivity index (χ3v) is 12.8. The first-order valence-corrected chi connectivity index (χ1v) is 14.9. The summed E-state index contributed by atoms with van der Waals surface area (Å²) in [6.45, 7) is 17.0. The molecule has 6 heteroatoms. The normalized spacial score (nSPS) is 45.8. The van der Waals surface area contributed by atoms with Crippen molar-refractivity contribution in [2.24, 2.45) is 44.3 Å². The summed E-state index contributed by atoms with van der Waals surface area (Å²) in [6.07, 6.45) is 8.36. The van der Waals surface area contributed by atoms with Gasteiger partial charge in [0.1, 0.15) is 11.7 Å². The van der Waals surface area contributed by atoms with Crippen LogP contribution in [0.2, 0.25) is 0 Å². The number of ketones is 2. The van der Waals surface area contributed by atoms with Gasteiger partial charge in [-0.05, 0) is 80.3 Å². The molecule has 1 unspecified atom stereocenters. The van der Waals surface area contributed by atoms with E-state index in [1.165, 1.54) is 0 Å². The maximum absolute atomic E-state index is 14.5. The van der Waals surface area contributed by atoms with Crippen LogP contribution in [0.15, 0.2) is 23.3 Å². The maximum Gasteiger partial charge on any atom is 0.226 e. The Hall–Kier alpha value is -2.26. The number of nitrogens with zero attached hydrogens (tertiary/aromatic N) is 1. The number of nitriles is 1. The summed E-state index contributed by atoms with van der Waals surface area (Å²) in [5, 5.41) is 25.9. The van der Waals surface area contributed by atoms with E-state index in [1.54, 1.807) is 6.08 Å². The molecule has 5 aliphatic rings. The molecule has 39 heavy (non-hydrogen) atoms. The highest BCUT2D eigenvalue weighted by Gasteiger charge is 2.76. The van der Waals surface area contributed by atoms with Crippen LogP contribution < -0.4 is 5.32 Å². The molecular formula is C33H46N2O4. The van der Waals surface area contributed by atoms with Crippen molar-refractivity contribution in [1.29, 1.82) is 5.26 Å². The van der Waals surface area contributed by atoms with E-state index in [4.69, 9.17) is 0 Å². The summed E-state index contributed by atoms with van der Waals surface area (Å²) in [5.41, 5.74) is -4.17. The van der Waals surface area contributed by atoms with Gasteiger partial charge in [0, 0.05) is 28.7 Å². The van der Waals surface area contributed by atoms with Crippen molar-refractivity contribution < 1.29 is 19.5 Å². The van der Waals surface area contributed by atoms with E-state index in [0.717, 1.165) is 24.8 Å². The Balaban J connectivity index is 1.74. The molecule has 3 fully saturated rings. The number of Topliss-reactive ketones (excluding diaryl/α,β-unsaturated/α-hetero) is 1. The summed E-state index contributed by atoms with van der Waals surface area (Å²) in [4.78, 5) is 41.5. The fourth-order valence-electron chi connectivity index (χ4n) is 10.4. The van der Waals surface area contributed by atoms with Gasteiger partial charge in [-0.1, -0.05) is 54.5 Å². The van der Waals surface area contributed by atoms with Crippen LogP contribution >= 0.6 is 0 Å². The number of aliphatic hydroxyl groups is 1. The van der Waals surface area contributed by atoms with Crippen LogP contribution in [0.4, 0.5) is 0 Å². The van der Waals surface area contributed by atoms with Gasteiger partial charge >= 0.3 is 0 Å². The molecule has 0 bridgehead atoms. The van der Waals surface area contributed by atoms with Crippen LogP contribution in [-0.4, -0.2) is 34.7 Å². The summed E-state index contributed by atoms with van der Waals surface area (Å²) in [5.74, 6) is -1.00. The van der Waals surface area contributed by atoms with E-state index in [-0.39, 0.29) is 34.4 Å². The first kappa shape index (κ1) is 28.3. The first-order valence-electron chi connectivity index (χ1n) is 14.9. The van der Waals surface area contributed by atoms with E-state index in [2.05, 4.69) is 46.0 Å². The molecule has 0 aromatic carbocycles. The zero-order valence-corrected chi connectivity index (χ0v) is 25.1. The number of nitrogens with one attached hydrogen (secondary N) is 1. The molecule has 212 valence electrons. The van der Waals surface area contributed by atoms with E-state index < -0.39 is 38.6 Å². The fraction of sp³-hybridized carbons (Fsp3) is 0.758. The van der Waals surface area contributed by atoms with Crippen molar-refractivity contribution in [3.8, 4) is 6.07 Å². The van der Waals surface area contributed by atoms with Gasteiger partial charge < -0.3 is 10.4 Å². The van der Waals surface area contributed by atoms with Crippen molar-refractivity contribution in [1.82, 2.24) is 5.32 Å². The van der Waals surface area contributed by atoms with Crippen LogP contribution in [0, 0.1) is 55.7 Å². The Labute approximate surface area is 233 Å². The molecule has 7 atom stereocenters. The Bertz CT molecular complexity index is 1270. The molecule has 2 N–H and O–H groups in total. The zero-order chi connectivity index (χ0) is 29.0. The number of carbonyl (C=O) groups is 3. The average Bonchev–Trinajstić information content (AvgIpc) is 2.85. The van der Waals surface area contributed by atoms with Crippen molar-refractivity contribution in [2.75, 3.05) is 6.54 Å². The van der Waals surface area contributed by atoms with Gasteiger partial charge in [-0.3, -0.25) is 14.4 Å². The molecule has 0 heterocycles. The van der Waals surface area contributed by atoms with Gasteiger partial charge in [0.25, 0.3) is 0 Å². The molecule has 5 aliphatic carbocycles. The van der Waals surface area contributed by atoms with Crippen molar-refractivity contribution >= 4 is 17.5 Å². The second-order valence-electron chi connectivity index (χ2n) is 15.4. The second kappa shape index (κ2) is 8.15. The van der Waals surface area contributed by atoms with Crippen LogP contribution in [0.5, 0.6) is 0 Å². The van der Waals surface area contributed by atoms with Gasteiger partial charge in [0.2, 0.25) is 5.91 Å². The summed E-state index contributed by atoms with van der Waals surface area (Å²) >= 11 is 0. The number of hydrogen-bond donors (Lipinski definition) is 2. The van der Waals surface area contributed by atoms with Crippen molar-refractivity contribution in [3.63, 3.8) is 0 Å². The second-order valence-corrected chi connectivity index (χ2v) is 15.4. The lowest BCUT2D eigenvalue weighted by atomic mass is 9.32. The smallest absolute Gasteiger partial charge is 0.226 e. The summed E-state index contributed by atoms with van der Waals surface area (Å²) in [7, 11) is 0. The van der Waals surface area contributed by atoms with Crippen molar-refractivity contribution in [2.45, 2.75) is 106 Å². The number of hydrogen-bond acceptors (Lipinski definition) is 5. The van der Waals surface area contributed by atoms with E-state index in [1.807, 2.05) is 26.8 Å². The lowest BCUT2D eigenvalue weighted by molar-refractivity contribution is -0.242. The standard InChI is InChI=1S/C33H46N2O4/c1-9-35-26(38)32-14-12-27(2,3)18-23(32)33(39)24(36)16-22-29(6)17-20(19-34)25(37)28(4,5)21(29)10-11-30(22,7)31(33,8)13-15-32/h16-17,21,23,39H,9-15,18H2,1-8H3,(H,35,38)/t21-,23?,29-,30+,31-,32-,33+/m0/s1. The van der Waals surface area contributed by atoms with Crippen LogP contribution in [-0.2, 0) is 14.4 Å². The number of rotatable bonds is 2. The Morgan fingerprint density at radius 3 is 2.28 bits per heavy atom. The fourth-order valence-corrected chi connectivity index (χ4v) is 10.4. The minimum absolute atomic E-state index is 0.0292. The largest absolute Gasteiger partial charge is 0.381 e. The van der Waals surface area contributed by atoms with Gasteiger partial charge in [0.15, 0.2) is 11.6 Å². The average molecular weight is 535 g/mol. The predicted molar refractivity (Wildman–Crippen MR) is 149 cm³/mol. The predicted octanol–water partition coefficient (Wildman–Crippen LogP) is 5.46. The lowest BCUT2D eigenvalue weighted by Crippen LogP contribution is -2.75. The molecule has 3 saturated carbocycles. The van der Waals surface area contributed by atoms with E-state index in [9.17, 15) is 24.8 Å². The molecule has 0 aliphatic heterocycles. The van der Waals surface area contributed by atoms with Gasteiger partial charge in [-0.15, -0.1) is 0 Å². The Morgan fingerprint density at radius 2 is 1.67 bits per heavy atom. The summed E-state index contributed by atoms with van der Waals surface area (Å²) < 4.78 is 0. The SMILES string of the molecule is CCNC(=O)[C@]12CCC(C)(C)CC1[C@@]1(O)C(=O)C=C3[C@@]4(C)C=C(C#N)C(=O)C(C)(C)[C@@H]4CC[C@@]3(C)[C@]1(C)CC2. The highest BCUT2D eigenvalue weighted by Crippen LogP contribution is 2.75. The number of amides is 1. The molecule has 0 spiro atoms. The lowest BCUT2D eigenvalue weighted by Gasteiger charge is -2.71. The third-order valence-electron chi connectivity index (χ3n) is 12.8. The minimum Gasteiger partial charge on any atom is -0.381 e.